The highest BCUT2D eigenvalue weighted by molar-refractivity contribution is 9.10. The van der Waals surface area contributed by atoms with Gasteiger partial charge in [0.25, 0.3) is 0 Å². The maximum Gasteiger partial charge on any atom is 0.0861 e. The number of halogens is 2. The molecule has 3 aromatic rings. The van der Waals surface area contributed by atoms with Gasteiger partial charge in [-0.25, -0.2) is 0 Å². The molecule has 0 saturated carbocycles. The first kappa shape index (κ1) is 14.6. The van der Waals surface area contributed by atoms with Crippen LogP contribution < -0.4 is 0 Å². The SMILES string of the molecule is Cn1nc(CC(O)c2cccc(Br)c2Cl)c2ccccc21. The highest BCUT2D eigenvalue weighted by Gasteiger charge is 2.17. The molecule has 0 fully saturated rings. The molecule has 0 amide bonds. The van der Waals surface area contributed by atoms with E-state index in [-0.39, 0.29) is 0 Å². The van der Waals surface area contributed by atoms with Crippen LogP contribution in [0.1, 0.15) is 17.4 Å². The van der Waals surface area contributed by atoms with E-state index >= 15 is 0 Å². The van der Waals surface area contributed by atoms with Gasteiger partial charge in [0.15, 0.2) is 0 Å². The third-order valence-corrected chi connectivity index (χ3v) is 4.87. The Balaban J connectivity index is 1.97. The first-order valence-corrected chi connectivity index (χ1v) is 7.77. The minimum atomic E-state index is -0.687. The van der Waals surface area contributed by atoms with Crippen molar-refractivity contribution >= 4 is 38.4 Å². The number of nitrogens with zero attached hydrogens (tertiary/aromatic N) is 2. The summed E-state index contributed by atoms with van der Waals surface area (Å²) >= 11 is 9.63. The maximum absolute atomic E-state index is 10.5. The Hall–Kier alpha value is -1.36. The molecule has 1 atom stereocenters. The van der Waals surface area contributed by atoms with Crippen LogP contribution in [0.4, 0.5) is 0 Å². The number of hydrogen-bond acceptors (Lipinski definition) is 2. The van der Waals surface area contributed by atoms with Crippen LogP contribution in [0.25, 0.3) is 10.9 Å². The van der Waals surface area contributed by atoms with Gasteiger partial charge in [0.1, 0.15) is 0 Å². The predicted molar refractivity (Wildman–Crippen MR) is 88.5 cm³/mol. The van der Waals surface area contributed by atoms with Crippen LogP contribution in [0.5, 0.6) is 0 Å². The van der Waals surface area contributed by atoms with Crippen LogP contribution in [0.3, 0.4) is 0 Å². The van der Waals surface area contributed by atoms with Gasteiger partial charge in [-0.2, -0.15) is 5.10 Å². The molecule has 0 radical (unpaired) electrons. The third-order valence-electron chi connectivity index (χ3n) is 3.56. The Kier molecular flexibility index (Phi) is 4.02. The van der Waals surface area contributed by atoms with E-state index in [1.165, 1.54) is 0 Å². The monoisotopic (exact) mass is 364 g/mol. The Bertz CT molecular complexity index is 800. The van der Waals surface area contributed by atoms with Gasteiger partial charge in [-0.1, -0.05) is 41.9 Å². The van der Waals surface area contributed by atoms with Crippen LogP contribution in [0.2, 0.25) is 5.02 Å². The Morgan fingerprint density at radius 3 is 2.81 bits per heavy atom. The lowest BCUT2D eigenvalue weighted by Gasteiger charge is -2.12. The van der Waals surface area contributed by atoms with Crippen molar-refractivity contribution in [2.75, 3.05) is 0 Å². The molecular weight excluding hydrogens is 352 g/mol. The summed E-state index contributed by atoms with van der Waals surface area (Å²) in [6.45, 7) is 0. The van der Waals surface area contributed by atoms with Gasteiger partial charge in [-0.3, -0.25) is 4.68 Å². The van der Waals surface area contributed by atoms with Gasteiger partial charge in [-0.05, 0) is 28.1 Å². The molecule has 1 unspecified atom stereocenters. The highest BCUT2D eigenvalue weighted by atomic mass is 79.9. The van der Waals surface area contributed by atoms with E-state index in [4.69, 9.17) is 11.6 Å². The van der Waals surface area contributed by atoms with E-state index in [2.05, 4.69) is 21.0 Å². The topological polar surface area (TPSA) is 38.0 Å². The van der Waals surface area contributed by atoms with Gasteiger partial charge in [-0.15, -0.1) is 0 Å². The molecular formula is C16H14BrClN2O. The molecule has 0 spiro atoms. The number of aromatic nitrogens is 2. The molecule has 1 N–H and O–H groups in total. The second-order valence-corrected chi connectivity index (χ2v) is 6.18. The zero-order valence-corrected chi connectivity index (χ0v) is 13.8. The van der Waals surface area contributed by atoms with Crippen molar-refractivity contribution in [3.05, 3.63) is 63.2 Å². The minimum Gasteiger partial charge on any atom is -0.388 e. The van der Waals surface area contributed by atoms with Crippen molar-refractivity contribution in [2.24, 2.45) is 7.05 Å². The normalized spacial score (nSPS) is 12.8. The zero-order valence-electron chi connectivity index (χ0n) is 11.4. The second kappa shape index (κ2) is 5.79. The van der Waals surface area contributed by atoms with Gasteiger partial charge in [0.05, 0.1) is 22.3 Å². The number of benzene rings is 2. The van der Waals surface area contributed by atoms with Gasteiger partial charge in [0.2, 0.25) is 0 Å². The Labute approximate surface area is 136 Å². The number of hydrogen-bond donors (Lipinski definition) is 1. The summed E-state index contributed by atoms with van der Waals surface area (Å²) in [6.07, 6.45) is -0.259. The van der Waals surface area contributed by atoms with E-state index in [9.17, 15) is 5.11 Å². The molecule has 0 aliphatic heterocycles. The molecule has 3 rings (SSSR count). The van der Waals surface area contributed by atoms with Crippen LogP contribution in [0, 0.1) is 0 Å². The lowest BCUT2D eigenvalue weighted by atomic mass is 10.0. The molecule has 1 aromatic heterocycles. The van der Waals surface area contributed by atoms with E-state index in [0.29, 0.717) is 17.0 Å². The van der Waals surface area contributed by atoms with Crippen molar-refractivity contribution in [2.45, 2.75) is 12.5 Å². The first-order chi connectivity index (χ1) is 10.1. The van der Waals surface area contributed by atoms with E-state index in [0.717, 1.165) is 21.1 Å². The summed E-state index contributed by atoms with van der Waals surface area (Å²) in [4.78, 5) is 0. The molecule has 0 saturated heterocycles. The van der Waals surface area contributed by atoms with Crippen molar-refractivity contribution < 1.29 is 5.11 Å². The highest BCUT2D eigenvalue weighted by Crippen LogP contribution is 2.32. The van der Waals surface area contributed by atoms with Crippen LogP contribution in [0.15, 0.2) is 46.9 Å². The largest absolute Gasteiger partial charge is 0.388 e. The van der Waals surface area contributed by atoms with Gasteiger partial charge in [0, 0.05) is 28.9 Å². The maximum atomic E-state index is 10.5. The molecule has 5 heteroatoms. The predicted octanol–water partition coefficient (Wildman–Crippen LogP) is 4.27. The fourth-order valence-corrected chi connectivity index (χ4v) is 3.14. The number of aliphatic hydroxyl groups excluding tert-OH is 1. The lowest BCUT2D eigenvalue weighted by molar-refractivity contribution is 0.177. The van der Waals surface area contributed by atoms with Crippen LogP contribution in [-0.4, -0.2) is 14.9 Å². The number of aliphatic hydroxyl groups is 1. The van der Waals surface area contributed by atoms with Crippen molar-refractivity contribution in [3.8, 4) is 0 Å². The molecule has 0 bridgehead atoms. The van der Waals surface area contributed by atoms with Crippen molar-refractivity contribution in [1.29, 1.82) is 0 Å². The second-order valence-electron chi connectivity index (χ2n) is 4.95. The third kappa shape index (κ3) is 2.71. The fraction of sp³-hybridized carbons (Fsp3) is 0.188. The number of fused-ring (bicyclic) bond motifs is 1. The Morgan fingerprint density at radius 1 is 1.24 bits per heavy atom. The van der Waals surface area contributed by atoms with Crippen molar-refractivity contribution in [3.63, 3.8) is 0 Å². The lowest BCUT2D eigenvalue weighted by Crippen LogP contribution is -2.04. The van der Waals surface area contributed by atoms with Crippen LogP contribution in [-0.2, 0) is 13.5 Å². The molecule has 2 aromatic carbocycles. The molecule has 108 valence electrons. The number of rotatable bonds is 3. The summed E-state index contributed by atoms with van der Waals surface area (Å²) < 4.78 is 2.62. The zero-order chi connectivity index (χ0) is 15.0. The molecule has 1 heterocycles. The van der Waals surface area contributed by atoms with E-state index in [1.807, 2.05) is 54.2 Å². The summed E-state index contributed by atoms with van der Waals surface area (Å²) in [6, 6.07) is 13.6. The molecule has 21 heavy (non-hydrogen) atoms. The fourth-order valence-electron chi connectivity index (χ4n) is 2.51. The number of para-hydroxylation sites is 1. The first-order valence-electron chi connectivity index (χ1n) is 6.60. The average molecular weight is 366 g/mol. The van der Waals surface area contributed by atoms with E-state index in [1.54, 1.807) is 0 Å². The smallest absolute Gasteiger partial charge is 0.0861 e. The standard InChI is InChI=1S/C16H14BrClN2O/c1-20-14-8-3-2-5-10(14)13(19-20)9-15(21)11-6-4-7-12(17)16(11)18/h2-8,15,21H,9H2,1H3. The molecule has 0 aliphatic carbocycles. The van der Waals surface area contributed by atoms with E-state index < -0.39 is 6.10 Å². The molecule has 0 aliphatic rings. The average Bonchev–Trinajstić information content (AvgIpc) is 2.79. The van der Waals surface area contributed by atoms with Crippen LogP contribution >= 0.6 is 27.5 Å². The number of aryl methyl sites for hydroxylation is 1. The summed E-state index contributed by atoms with van der Waals surface area (Å²) in [5.41, 5.74) is 2.64. The summed E-state index contributed by atoms with van der Waals surface area (Å²) in [5.74, 6) is 0. The van der Waals surface area contributed by atoms with Crippen molar-refractivity contribution in [1.82, 2.24) is 9.78 Å². The quantitative estimate of drug-likeness (QED) is 0.753. The van der Waals surface area contributed by atoms with Gasteiger partial charge < -0.3 is 5.11 Å². The minimum absolute atomic E-state index is 0.428. The Morgan fingerprint density at radius 2 is 2.00 bits per heavy atom. The van der Waals surface area contributed by atoms with Gasteiger partial charge >= 0.3 is 0 Å². The molecule has 3 nitrogen and oxygen atoms in total. The summed E-state index contributed by atoms with van der Waals surface area (Å²) in [5, 5.41) is 16.6. The summed E-state index contributed by atoms with van der Waals surface area (Å²) in [7, 11) is 1.91.